The minimum Gasteiger partial charge on any atom is -0.375 e. The fourth-order valence-corrected chi connectivity index (χ4v) is 3.62. The molecule has 2 heterocycles. The molecule has 1 N–H and O–H groups in total. The van der Waals surface area contributed by atoms with Crippen molar-refractivity contribution in [3.8, 4) is 0 Å². The first kappa shape index (κ1) is 14.9. The quantitative estimate of drug-likeness (QED) is 0.843. The van der Waals surface area contributed by atoms with Gasteiger partial charge in [0.25, 0.3) is 0 Å². The molecule has 116 valence electrons. The van der Waals surface area contributed by atoms with Gasteiger partial charge in [0.05, 0.1) is 5.60 Å². The summed E-state index contributed by atoms with van der Waals surface area (Å²) in [6.45, 7) is 8.74. The molecule has 0 amide bonds. The number of rotatable bonds is 5. The Hall–Kier alpha value is -1.06. The van der Waals surface area contributed by atoms with E-state index >= 15 is 0 Å². The normalized spacial score (nSPS) is 24.1. The molecule has 0 spiro atoms. The van der Waals surface area contributed by atoms with E-state index in [4.69, 9.17) is 4.74 Å². The molecular weight excluding hydrogens is 260 g/mol. The van der Waals surface area contributed by atoms with E-state index in [2.05, 4.69) is 48.3 Å². The number of hydrogen-bond donors (Lipinski definition) is 1. The van der Waals surface area contributed by atoms with Crippen LogP contribution in [-0.2, 0) is 11.2 Å². The predicted molar refractivity (Wildman–Crippen MR) is 88.0 cm³/mol. The van der Waals surface area contributed by atoms with Gasteiger partial charge < -0.3 is 15.0 Å². The summed E-state index contributed by atoms with van der Waals surface area (Å²) in [4.78, 5) is 2.53. The van der Waals surface area contributed by atoms with Gasteiger partial charge in [-0.15, -0.1) is 0 Å². The number of hydrogen-bond acceptors (Lipinski definition) is 3. The van der Waals surface area contributed by atoms with Gasteiger partial charge in [-0.25, -0.2) is 0 Å². The summed E-state index contributed by atoms with van der Waals surface area (Å²) in [7, 11) is 0. The van der Waals surface area contributed by atoms with E-state index in [-0.39, 0.29) is 5.60 Å². The third kappa shape index (κ3) is 3.78. The van der Waals surface area contributed by atoms with E-state index in [0.29, 0.717) is 6.04 Å². The topological polar surface area (TPSA) is 24.5 Å². The first-order valence-corrected chi connectivity index (χ1v) is 8.34. The van der Waals surface area contributed by atoms with Crippen LogP contribution in [0.1, 0.15) is 38.7 Å². The minimum atomic E-state index is 0.0454. The van der Waals surface area contributed by atoms with Crippen molar-refractivity contribution < 1.29 is 4.74 Å². The van der Waals surface area contributed by atoms with Crippen LogP contribution in [0, 0.1) is 0 Å². The maximum absolute atomic E-state index is 5.77. The molecule has 0 aromatic heterocycles. The Balaban J connectivity index is 1.39. The highest BCUT2D eigenvalue weighted by Gasteiger charge is 2.28. The van der Waals surface area contributed by atoms with Crippen LogP contribution in [0.15, 0.2) is 24.3 Å². The van der Waals surface area contributed by atoms with E-state index in [1.807, 2.05) is 0 Å². The number of nitrogens with one attached hydrogen (secondary N) is 1. The standard InChI is InChI=1S/C18H28N2O/c1-18(2)14-16(9-13-21-18)19-10-5-11-20-12-8-15-6-3-4-7-17(15)20/h3-4,6-7,16,19H,5,8-14H2,1-2H3. The van der Waals surface area contributed by atoms with Gasteiger partial charge in [-0.3, -0.25) is 0 Å². The lowest BCUT2D eigenvalue weighted by molar-refractivity contribution is -0.0627. The van der Waals surface area contributed by atoms with Crippen molar-refractivity contribution in [3.63, 3.8) is 0 Å². The smallest absolute Gasteiger partial charge is 0.0641 e. The Bertz CT molecular complexity index is 472. The van der Waals surface area contributed by atoms with Crippen LogP contribution in [-0.4, -0.2) is 37.9 Å². The van der Waals surface area contributed by atoms with Crippen molar-refractivity contribution >= 4 is 5.69 Å². The zero-order chi connectivity index (χ0) is 14.7. The summed E-state index contributed by atoms with van der Waals surface area (Å²) >= 11 is 0. The summed E-state index contributed by atoms with van der Waals surface area (Å²) in [5.41, 5.74) is 3.01. The number of fused-ring (bicyclic) bond motifs is 1. The number of nitrogens with zero attached hydrogens (tertiary/aromatic N) is 1. The van der Waals surface area contributed by atoms with Gasteiger partial charge in [0.2, 0.25) is 0 Å². The maximum atomic E-state index is 5.77. The van der Waals surface area contributed by atoms with Gasteiger partial charge in [-0.2, -0.15) is 0 Å². The molecule has 1 fully saturated rings. The Morgan fingerprint density at radius 3 is 3.05 bits per heavy atom. The third-order valence-electron chi connectivity index (χ3n) is 4.72. The van der Waals surface area contributed by atoms with Crippen molar-refractivity contribution in [2.75, 3.05) is 31.1 Å². The Kier molecular flexibility index (Phi) is 4.51. The van der Waals surface area contributed by atoms with Gasteiger partial charge in [0.1, 0.15) is 0 Å². The summed E-state index contributed by atoms with van der Waals surface area (Å²) in [6.07, 6.45) is 4.69. The molecule has 0 aliphatic carbocycles. The van der Waals surface area contributed by atoms with Crippen LogP contribution in [0.4, 0.5) is 5.69 Å². The molecule has 3 rings (SSSR count). The lowest BCUT2D eigenvalue weighted by atomic mass is 9.94. The zero-order valence-corrected chi connectivity index (χ0v) is 13.4. The SMILES string of the molecule is CC1(C)CC(NCCCN2CCc3ccccc32)CCO1. The van der Waals surface area contributed by atoms with Crippen LogP contribution < -0.4 is 10.2 Å². The minimum absolute atomic E-state index is 0.0454. The molecule has 21 heavy (non-hydrogen) atoms. The van der Waals surface area contributed by atoms with E-state index in [1.54, 1.807) is 0 Å². The number of para-hydroxylation sites is 1. The van der Waals surface area contributed by atoms with E-state index in [9.17, 15) is 0 Å². The van der Waals surface area contributed by atoms with E-state index in [1.165, 1.54) is 30.6 Å². The van der Waals surface area contributed by atoms with E-state index in [0.717, 1.165) is 32.5 Å². The number of ether oxygens (including phenoxy) is 1. The van der Waals surface area contributed by atoms with Gasteiger partial charge in [-0.1, -0.05) is 18.2 Å². The van der Waals surface area contributed by atoms with Gasteiger partial charge in [0.15, 0.2) is 0 Å². The monoisotopic (exact) mass is 288 g/mol. The molecule has 1 atom stereocenters. The Morgan fingerprint density at radius 1 is 1.33 bits per heavy atom. The molecule has 0 bridgehead atoms. The molecule has 1 aromatic carbocycles. The second-order valence-corrected chi connectivity index (χ2v) is 6.97. The van der Waals surface area contributed by atoms with Crippen LogP contribution in [0.2, 0.25) is 0 Å². The average Bonchev–Trinajstić information content (AvgIpc) is 2.86. The highest BCUT2D eigenvalue weighted by atomic mass is 16.5. The largest absolute Gasteiger partial charge is 0.375 e. The molecule has 1 aromatic rings. The Morgan fingerprint density at radius 2 is 2.19 bits per heavy atom. The third-order valence-corrected chi connectivity index (χ3v) is 4.72. The van der Waals surface area contributed by atoms with Crippen LogP contribution >= 0.6 is 0 Å². The van der Waals surface area contributed by atoms with Crippen molar-refractivity contribution in [2.24, 2.45) is 0 Å². The average molecular weight is 288 g/mol. The van der Waals surface area contributed by atoms with Crippen LogP contribution in [0.3, 0.4) is 0 Å². The molecule has 3 nitrogen and oxygen atoms in total. The zero-order valence-electron chi connectivity index (χ0n) is 13.4. The summed E-state index contributed by atoms with van der Waals surface area (Å²) in [5.74, 6) is 0. The molecule has 0 saturated carbocycles. The number of anilines is 1. The highest BCUT2D eigenvalue weighted by molar-refractivity contribution is 5.57. The Labute approximate surface area is 128 Å². The second kappa shape index (κ2) is 6.37. The summed E-state index contributed by atoms with van der Waals surface area (Å²) in [6, 6.07) is 9.45. The molecule has 1 saturated heterocycles. The predicted octanol–water partition coefficient (Wildman–Crippen LogP) is 2.99. The van der Waals surface area contributed by atoms with Crippen molar-refractivity contribution in [2.45, 2.75) is 51.2 Å². The first-order chi connectivity index (χ1) is 10.1. The molecule has 0 radical (unpaired) electrons. The van der Waals surface area contributed by atoms with Crippen molar-refractivity contribution in [1.29, 1.82) is 0 Å². The van der Waals surface area contributed by atoms with Crippen molar-refractivity contribution in [3.05, 3.63) is 29.8 Å². The molecule has 3 heteroatoms. The number of benzene rings is 1. The molecule has 2 aliphatic heterocycles. The maximum Gasteiger partial charge on any atom is 0.0641 e. The molecule has 1 unspecified atom stereocenters. The molecular formula is C18H28N2O. The van der Waals surface area contributed by atoms with Gasteiger partial charge in [0, 0.05) is 31.4 Å². The lowest BCUT2D eigenvalue weighted by Gasteiger charge is -2.36. The van der Waals surface area contributed by atoms with Crippen LogP contribution in [0.5, 0.6) is 0 Å². The first-order valence-electron chi connectivity index (χ1n) is 8.34. The van der Waals surface area contributed by atoms with E-state index < -0.39 is 0 Å². The summed E-state index contributed by atoms with van der Waals surface area (Å²) in [5, 5.41) is 3.72. The van der Waals surface area contributed by atoms with Crippen molar-refractivity contribution in [1.82, 2.24) is 5.32 Å². The lowest BCUT2D eigenvalue weighted by Crippen LogP contribution is -2.44. The van der Waals surface area contributed by atoms with Gasteiger partial charge >= 0.3 is 0 Å². The second-order valence-electron chi connectivity index (χ2n) is 6.97. The fraction of sp³-hybridized carbons (Fsp3) is 0.667. The van der Waals surface area contributed by atoms with Gasteiger partial charge in [-0.05, 0) is 57.7 Å². The summed E-state index contributed by atoms with van der Waals surface area (Å²) < 4.78 is 5.77. The molecule has 2 aliphatic rings. The fourth-order valence-electron chi connectivity index (χ4n) is 3.62. The highest BCUT2D eigenvalue weighted by Crippen LogP contribution is 2.27. The van der Waals surface area contributed by atoms with Crippen LogP contribution in [0.25, 0.3) is 0 Å².